The first-order chi connectivity index (χ1) is 4.76. The number of rotatable bonds is 3. The van der Waals surface area contributed by atoms with E-state index in [-0.39, 0.29) is 0 Å². The third kappa shape index (κ3) is 3.22. The van der Waals surface area contributed by atoms with Crippen LogP contribution < -0.4 is 0 Å². The Kier molecular flexibility index (Phi) is 3.54. The maximum atomic E-state index is 9.98. The van der Waals surface area contributed by atoms with Crippen molar-refractivity contribution in [2.45, 2.75) is 10.9 Å². The number of aliphatic hydroxyl groups is 2. The molecule has 0 saturated heterocycles. The van der Waals surface area contributed by atoms with Gasteiger partial charge in [0.1, 0.15) is 0 Å². The summed E-state index contributed by atoms with van der Waals surface area (Å²) in [5.41, 5.74) is -5.08. The van der Waals surface area contributed by atoms with E-state index in [9.17, 15) is 12.6 Å². The Morgan fingerprint density at radius 3 is 1.73 bits per heavy atom. The molecule has 0 heterocycles. The zero-order valence-corrected chi connectivity index (χ0v) is 6.62. The van der Waals surface area contributed by atoms with Crippen LogP contribution in [0.1, 0.15) is 0 Å². The van der Waals surface area contributed by atoms with Crippen molar-refractivity contribution in [3.05, 3.63) is 0 Å². The SMILES string of the molecule is O=S(O)C(O)C(O)S(=O)(=O)O. The van der Waals surface area contributed by atoms with E-state index in [2.05, 4.69) is 0 Å². The number of hydrogen-bond donors (Lipinski definition) is 4. The predicted molar refractivity (Wildman–Crippen MR) is 34.3 cm³/mol. The minimum atomic E-state index is -4.89. The molecule has 0 aromatic carbocycles. The molecule has 0 aromatic heterocycles. The fourth-order valence-electron chi connectivity index (χ4n) is 0.247. The molecule has 3 unspecified atom stereocenters. The van der Waals surface area contributed by atoms with Crippen molar-refractivity contribution >= 4 is 21.2 Å². The van der Waals surface area contributed by atoms with Gasteiger partial charge in [-0.2, -0.15) is 8.42 Å². The molecule has 0 aliphatic carbocycles. The molecule has 11 heavy (non-hydrogen) atoms. The molecule has 0 radical (unpaired) electrons. The molecule has 7 nitrogen and oxygen atoms in total. The van der Waals surface area contributed by atoms with Gasteiger partial charge < -0.3 is 14.8 Å². The highest BCUT2D eigenvalue weighted by atomic mass is 32.2. The van der Waals surface area contributed by atoms with E-state index in [1.165, 1.54) is 0 Å². The number of aliphatic hydroxyl groups excluding tert-OH is 2. The fourth-order valence-corrected chi connectivity index (χ4v) is 1.45. The van der Waals surface area contributed by atoms with Crippen molar-refractivity contribution in [1.29, 1.82) is 0 Å². The average Bonchev–Trinajstić information content (AvgIpc) is 1.82. The molecule has 0 aliphatic heterocycles. The van der Waals surface area contributed by atoms with Crippen LogP contribution in [-0.4, -0.2) is 42.8 Å². The second kappa shape index (κ2) is 3.56. The lowest BCUT2D eigenvalue weighted by Crippen LogP contribution is -2.36. The Hall–Kier alpha value is -0.0600. The summed E-state index contributed by atoms with van der Waals surface area (Å²) < 4.78 is 45.9. The standard InChI is InChI=1S/C2H6O7S2/c3-1(10(5)6)2(4)11(7,8)9/h1-4H,(H,5,6)(H,7,8,9). The average molecular weight is 206 g/mol. The molecule has 9 heteroatoms. The zero-order chi connectivity index (χ0) is 9.23. The van der Waals surface area contributed by atoms with Crippen molar-refractivity contribution in [3.63, 3.8) is 0 Å². The minimum Gasteiger partial charge on any atom is -0.374 e. The highest BCUT2D eigenvalue weighted by Gasteiger charge is 2.32. The van der Waals surface area contributed by atoms with E-state index in [0.717, 1.165) is 0 Å². The maximum absolute atomic E-state index is 9.98. The molecule has 0 saturated carbocycles. The van der Waals surface area contributed by atoms with Crippen molar-refractivity contribution in [1.82, 2.24) is 0 Å². The lowest BCUT2D eigenvalue weighted by atomic mass is 10.8. The molecule has 0 fully saturated rings. The molecule has 0 amide bonds. The second-order valence-electron chi connectivity index (χ2n) is 1.57. The van der Waals surface area contributed by atoms with E-state index in [1.807, 2.05) is 0 Å². The summed E-state index contributed by atoms with van der Waals surface area (Å²) in [6.07, 6.45) is 0. The smallest absolute Gasteiger partial charge is 0.295 e. The maximum Gasteiger partial charge on any atom is 0.295 e. The quantitative estimate of drug-likeness (QED) is 0.302. The van der Waals surface area contributed by atoms with E-state index >= 15 is 0 Å². The van der Waals surface area contributed by atoms with Crippen LogP contribution in [0.4, 0.5) is 0 Å². The summed E-state index contributed by atoms with van der Waals surface area (Å²) in [6, 6.07) is 0. The molecule has 68 valence electrons. The van der Waals surface area contributed by atoms with Gasteiger partial charge in [0.05, 0.1) is 0 Å². The van der Waals surface area contributed by atoms with Crippen molar-refractivity contribution in [3.8, 4) is 0 Å². The Bertz CT molecular complexity index is 241. The minimum absolute atomic E-state index is 2.43. The van der Waals surface area contributed by atoms with Gasteiger partial charge in [0, 0.05) is 0 Å². The van der Waals surface area contributed by atoms with Crippen molar-refractivity contribution in [2.24, 2.45) is 0 Å². The molecule has 0 aliphatic rings. The van der Waals surface area contributed by atoms with Gasteiger partial charge in [-0.3, -0.25) is 4.55 Å². The van der Waals surface area contributed by atoms with Crippen LogP contribution in [0.25, 0.3) is 0 Å². The molecule has 0 bridgehead atoms. The molecule has 4 N–H and O–H groups in total. The lowest BCUT2D eigenvalue weighted by molar-refractivity contribution is 0.113. The monoisotopic (exact) mass is 206 g/mol. The van der Waals surface area contributed by atoms with Gasteiger partial charge in [-0.15, -0.1) is 0 Å². The van der Waals surface area contributed by atoms with Crippen LogP contribution in [0.3, 0.4) is 0 Å². The molecule has 0 rings (SSSR count). The van der Waals surface area contributed by atoms with Gasteiger partial charge in [-0.1, -0.05) is 0 Å². The fraction of sp³-hybridized carbons (Fsp3) is 1.00. The Balaban J connectivity index is 4.51. The van der Waals surface area contributed by atoms with Crippen LogP contribution in [0, 0.1) is 0 Å². The predicted octanol–water partition coefficient (Wildman–Crippen LogP) is -2.27. The van der Waals surface area contributed by atoms with E-state index in [4.69, 9.17) is 19.3 Å². The van der Waals surface area contributed by atoms with Gasteiger partial charge in [0.15, 0.2) is 16.5 Å². The van der Waals surface area contributed by atoms with Crippen LogP contribution >= 0.6 is 0 Å². The number of hydrogen-bond acceptors (Lipinski definition) is 5. The second-order valence-corrected chi connectivity index (χ2v) is 4.12. The lowest BCUT2D eigenvalue weighted by Gasteiger charge is -2.09. The Labute approximate surface area is 64.7 Å². The summed E-state index contributed by atoms with van der Waals surface area (Å²) in [5.74, 6) is 0. The third-order valence-corrected chi connectivity index (χ3v) is 2.47. The summed E-state index contributed by atoms with van der Waals surface area (Å²) in [7, 11) is -4.89. The highest BCUT2D eigenvalue weighted by molar-refractivity contribution is 7.88. The van der Waals surface area contributed by atoms with Crippen molar-refractivity contribution in [2.75, 3.05) is 0 Å². The topological polar surface area (TPSA) is 132 Å². The van der Waals surface area contributed by atoms with Gasteiger partial charge in [0.2, 0.25) is 5.44 Å². The summed E-state index contributed by atoms with van der Waals surface area (Å²) in [6.45, 7) is 0. The summed E-state index contributed by atoms with van der Waals surface area (Å²) in [5, 5.41) is 16.8. The molecular weight excluding hydrogens is 200 g/mol. The van der Waals surface area contributed by atoms with Crippen LogP contribution in [0.15, 0.2) is 0 Å². The van der Waals surface area contributed by atoms with E-state index < -0.39 is 32.1 Å². The largest absolute Gasteiger partial charge is 0.374 e. The first kappa shape index (κ1) is 10.9. The zero-order valence-electron chi connectivity index (χ0n) is 4.98. The molecule has 0 spiro atoms. The summed E-state index contributed by atoms with van der Waals surface area (Å²) in [4.78, 5) is 0. The van der Waals surface area contributed by atoms with Crippen LogP contribution in [-0.2, 0) is 21.2 Å². The van der Waals surface area contributed by atoms with Crippen molar-refractivity contribution < 1.29 is 31.9 Å². The normalized spacial score (nSPS) is 20.7. The molecule has 3 atom stereocenters. The van der Waals surface area contributed by atoms with Crippen LogP contribution in [0.5, 0.6) is 0 Å². The highest BCUT2D eigenvalue weighted by Crippen LogP contribution is 2.03. The van der Waals surface area contributed by atoms with Crippen LogP contribution in [0.2, 0.25) is 0 Å². The van der Waals surface area contributed by atoms with Gasteiger partial charge in [-0.25, -0.2) is 4.21 Å². The molecule has 0 aromatic rings. The third-order valence-electron chi connectivity index (χ3n) is 0.756. The Morgan fingerprint density at radius 1 is 1.27 bits per heavy atom. The first-order valence-corrected chi connectivity index (χ1v) is 4.86. The molecular formula is C2H6O7S2. The van der Waals surface area contributed by atoms with Gasteiger partial charge >= 0.3 is 0 Å². The van der Waals surface area contributed by atoms with Gasteiger partial charge in [0.25, 0.3) is 10.1 Å². The Morgan fingerprint density at radius 2 is 1.64 bits per heavy atom. The van der Waals surface area contributed by atoms with E-state index in [0.29, 0.717) is 0 Å². The van der Waals surface area contributed by atoms with E-state index in [1.54, 1.807) is 0 Å². The first-order valence-electron chi connectivity index (χ1n) is 2.19. The summed E-state index contributed by atoms with van der Waals surface area (Å²) >= 11 is -2.92. The van der Waals surface area contributed by atoms with Gasteiger partial charge in [-0.05, 0) is 0 Å².